The molecule has 8 heteroatoms. The third-order valence-electron chi connectivity index (χ3n) is 3.87. The average molecular weight is 377 g/mol. The van der Waals surface area contributed by atoms with Crippen molar-refractivity contribution in [3.63, 3.8) is 0 Å². The van der Waals surface area contributed by atoms with Crippen LogP contribution in [0.5, 0.6) is 0 Å². The zero-order chi connectivity index (χ0) is 17.5. The fraction of sp³-hybridized carbons (Fsp3) is 0.312. The predicted molar refractivity (Wildman–Crippen MR) is 85.2 cm³/mol. The van der Waals surface area contributed by atoms with Gasteiger partial charge in [0.15, 0.2) is 0 Å². The molecule has 128 valence electrons. The molecule has 1 N–H and O–H groups in total. The first-order valence-electron chi connectivity index (χ1n) is 7.27. The van der Waals surface area contributed by atoms with Crippen molar-refractivity contribution in [3.05, 3.63) is 57.3 Å². The maximum atomic E-state index is 13.2. The van der Waals surface area contributed by atoms with Crippen LogP contribution in [0.3, 0.4) is 0 Å². The van der Waals surface area contributed by atoms with Crippen LogP contribution in [0.2, 0.25) is 10.2 Å². The summed E-state index contributed by atoms with van der Waals surface area (Å²) in [5.74, 6) is -0.414. The van der Waals surface area contributed by atoms with Gasteiger partial charge in [0.05, 0.1) is 10.6 Å². The first-order valence-corrected chi connectivity index (χ1v) is 8.03. The van der Waals surface area contributed by atoms with E-state index in [-0.39, 0.29) is 34.0 Å². The van der Waals surface area contributed by atoms with Crippen molar-refractivity contribution in [1.82, 2.24) is 9.88 Å². The van der Waals surface area contributed by atoms with E-state index in [9.17, 15) is 18.0 Å². The van der Waals surface area contributed by atoms with E-state index in [1.54, 1.807) is 0 Å². The van der Waals surface area contributed by atoms with Crippen LogP contribution in [0, 0.1) is 0 Å². The van der Waals surface area contributed by atoms with Gasteiger partial charge >= 0.3 is 6.18 Å². The molecule has 1 aliphatic rings. The van der Waals surface area contributed by atoms with E-state index in [4.69, 9.17) is 23.2 Å². The third-order valence-corrected chi connectivity index (χ3v) is 4.56. The number of hydrogen-bond donors (Lipinski definition) is 1. The highest BCUT2D eigenvalue weighted by Crippen LogP contribution is 2.35. The second-order valence-electron chi connectivity index (χ2n) is 5.66. The molecular formula is C16H13Cl2F3N2O. The van der Waals surface area contributed by atoms with Crippen LogP contribution in [-0.4, -0.2) is 21.8 Å². The normalized spacial score (nSPS) is 14.7. The Bertz CT molecular complexity index is 749. The Morgan fingerprint density at radius 1 is 1.25 bits per heavy atom. The fourth-order valence-electron chi connectivity index (χ4n) is 2.55. The van der Waals surface area contributed by atoms with Gasteiger partial charge in [-0.25, -0.2) is 0 Å². The molecule has 3 rings (SSSR count). The van der Waals surface area contributed by atoms with Crippen molar-refractivity contribution in [2.24, 2.45) is 0 Å². The molecule has 24 heavy (non-hydrogen) atoms. The molecule has 1 aromatic carbocycles. The number of halogens is 5. The summed E-state index contributed by atoms with van der Waals surface area (Å²) in [6.07, 6.45) is -2.93. The molecule has 1 aliphatic carbocycles. The van der Waals surface area contributed by atoms with Gasteiger partial charge in [-0.2, -0.15) is 13.2 Å². The van der Waals surface area contributed by atoms with E-state index in [2.05, 4.69) is 4.98 Å². The zero-order valence-electron chi connectivity index (χ0n) is 12.3. The fourth-order valence-corrected chi connectivity index (χ4v) is 2.86. The first kappa shape index (κ1) is 17.2. The molecule has 1 saturated carbocycles. The SMILES string of the molecule is O=C(c1cc(Cl)c(Cl)[nH]1)N(Cc1ccccc1C(F)(F)F)C1CC1. The van der Waals surface area contributed by atoms with Crippen LogP contribution in [0.4, 0.5) is 13.2 Å². The van der Waals surface area contributed by atoms with Crippen LogP contribution in [0.25, 0.3) is 0 Å². The molecule has 0 saturated heterocycles. The molecule has 1 heterocycles. The van der Waals surface area contributed by atoms with Gasteiger partial charge in [0.1, 0.15) is 10.8 Å². The number of carbonyl (C=O) groups is 1. The Hall–Kier alpha value is -1.66. The number of benzene rings is 1. The van der Waals surface area contributed by atoms with E-state index in [0.29, 0.717) is 0 Å². The number of nitrogens with one attached hydrogen (secondary N) is 1. The molecule has 0 unspecified atom stereocenters. The van der Waals surface area contributed by atoms with Gasteiger partial charge in [-0.3, -0.25) is 4.79 Å². The lowest BCUT2D eigenvalue weighted by molar-refractivity contribution is -0.138. The number of amides is 1. The second kappa shape index (κ2) is 6.33. The summed E-state index contributed by atoms with van der Waals surface area (Å²) in [4.78, 5) is 16.7. The molecule has 0 radical (unpaired) electrons. The minimum absolute atomic E-state index is 0.0639. The third kappa shape index (κ3) is 3.54. The van der Waals surface area contributed by atoms with Gasteiger partial charge in [-0.1, -0.05) is 41.4 Å². The van der Waals surface area contributed by atoms with Crippen LogP contribution < -0.4 is 0 Å². The van der Waals surface area contributed by atoms with Crippen LogP contribution in [0.15, 0.2) is 30.3 Å². The van der Waals surface area contributed by atoms with Gasteiger partial charge in [-0.05, 0) is 30.5 Å². The van der Waals surface area contributed by atoms with Crippen LogP contribution in [-0.2, 0) is 12.7 Å². The van der Waals surface area contributed by atoms with E-state index in [0.717, 1.165) is 18.9 Å². The number of nitrogens with zero attached hydrogens (tertiary/aromatic N) is 1. The molecule has 0 bridgehead atoms. The summed E-state index contributed by atoms with van der Waals surface area (Å²) in [7, 11) is 0. The van der Waals surface area contributed by atoms with Crippen molar-refractivity contribution in [2.75, 3.05) is 0 Å². The highest BCUT2D eigenvalue weighted by Gasteiger charge is 2.37. The lowest BCUT2D eigenvalue weighted by atomic mass is 10.1. The number of hydrogen-bond acceptors (Lipinski definition) is 1. The topological polar surface area (TPSA) is 36.1 Å². The number of carbonyl (C=O) groups excluding carboxylic acids is 1. The van der Waals surface area contributed by atoms with E-state index < -0.39 is 17.6 Å². The standard InChI is InChI=1S/C16H13Cl2F3N2O/c17-12-7-13(22-14(12)18)15(24)23(10-5-6-10)8-9-3-1-2-4-11(9)16(19,20)21/h1-4,7,10,22H,5-6,8H2. The lowest BCUT2D eigenvalue weighted by Crippen LogP contribution is -2.33. The minimum Gasteiger partial charge on any atom is -0.340 e. The molecule has 0 atom stereocenters. The summed E-state index contributed by atoms with van der Waals surface area (Å²) < 4.78 is 39.5. The highest BCUT2D eigenvalue weighted by atomic mass is 35.5. The smallest absolute Gasteiger partial charge is 0.340 e. The lowest BCUT2D eigenvalue weighted by Gasteiger charge is -2.24. The summed E-state index contributed by atoms with van der Waals surface area (Å²) >= 11 is 11.6. The van der Waals surface area contributed by atoms with E-state index in [1.807, 2.05) is 0 Å². The van der Waals surface area contributed by atoms with Crippen molar-refractivity contribution in [1.29, 1.82) is 0 Å². The Morgan fingerprint density at radius 2 is 1.92 bits per heavy atom. The predicted octanol–water partition coefficient (Wildman–Crippen LogP) is 5.15. The van der Waals surface area contributed by atoms with Crippen molar-refractivity contribution < 1.29 is 18.0 Å². The maximum Gasteiger partial charge on any atom is 0.416 e. The molecule has 1 aromatic heterocycles. The summed E-state index contributed by atoms with van der Waals surface area (Å²) in [5.41, 5.74) is -0.499. The Balaban J connectivity index is 1.90. The van der Waals surface area contributed by atoms with Gasteiger partial charge in [-0.15, -0.1) is 0 Å². The highest BCUT2D eigenvalue weighted by molar-refractivity contribution is 6.41. The molecule has 2 aromatic rings. The largest absolute Gasteiger partial charge is 0.416 e. The van der Waals surface area contributed by atoms with Gasteiger partial charge < -0.3 is 9.88 Å². The van der Waals surface area contributed by atoms with Crippen LogP contribution >= 0.6 is 23.2 Å². The molecule has 0 spiro atoms. The second-order valence-corrected chi connectivity index (χ2v) is 6.45. The Labute approximate surface area is 146 Å². The zero-order valence-corrected chi connectivity index (χ0v) is 13.8. The van der Waals surface area contributed by atoms with Crippen molar-refractivity contribution in [3.8, 4) is 0 Å². The summed E-state index contributed by atoms with van der Waals surface area (Å²) in [6.45, 7) is -0.118. The molecule has 1 amide bonds. The first-order chi connectivity index (χ1) is 11.3. The van der Waals surface area contributed by atoms with Crippen LogP contribution in [0.1, 0.15) is 34.5 Å². The number of H-pyrrole nitrogens is 1. The number of aromatic nitrogens is 1. The Kier molecular flexibility index (Phi) is 4.53. The maximum absolute atomic E-state index is 13.2. The van der Waals surface area contributed by atoms with Gasteiger partial charge in [0, 0.05) is 12.6 Å². The van der Waals surface area contributed by atoms with E-state index in [1.165, 1.54) is 29.2 Å². The van der Waals surface area contributed by atoms with Crippen molar-refractivity contribution in [2.45, 2.75) is 31.6 Å². The number of rotatable bonds is 4. The monoisotopic (exact) mass is 376 g/mol. The minimum atomic E-state index is -4.46. The molecule has 1 fully saturated rings. The molecular weight excluding hydrogens is 364 g/mol. The van der Waals surface area contributed by atoms with Gasteiger partial charge in [0.25, 0.3) is 5.91 Å². The Morgan fingerprint density at radius 3 is 2.46 bits per heavy atom. The quantitative estimate of drug-likeness (QED) is 0.787. The van der Waals surface area contributed by atoms with E-state index >= 15 is 0 Å². The summed E-state index contributed by atoms with van der Waals surface area (Å²) in [6, 6.07) is 6.59. The van der Waals surface area contributed by atoms with Gasteiger partial charge in [0.2, 0.25) is 0 Å². The van der Waals surface area contributed by atoms with Crippen molar-refractivity contribution >= 4 is 29.1 Å². The molecule has 0 aliphatic heterocycles. The number of alkyl halides is 3. The summed E-state index contributed by atoms with van der Waals surface area (Å²) in [5, 5.41) is 0.331. The molecule has 3 nitrogen and oxygen atoms in total. The number of aromatic amines is 1. The average Bonchev–Trinajstić information content (AvgIpc) is 3.30.